The smallest absolute Gasteiger partial charge is 0.368 e. The van der Waals surface area contributed by atoms with Gasteiger partial charge in [-0.3, -0.25) is 9.59 Å². The maximum Gasteiger partial charge on any atom is 0.368 e. The summed E-state index contributed by atoms with van der Waals surface area (Å²) in [5.74, 6) is -4.76. The maximum atomic E-state index is 11.8. The number of Topliss-reactive ketones (excluding diaryl/α,β-unsaturated/α-hetero) is 2. The van der Waals surface area contributed by atoms with Gasteiger partial charge in [0.05, 0.1) is 0 Å². The van der Waals surface area contributed by atoms with Gasteiger partial charge in [-0.1, -0.05) is 5.16 Å². The van der Waals surface area contributed by atoms with Crippen LogP contribution < -0.4 is 0 Å². The summed E-state index contributed by atoms with van der Waals surface area (Å²) in [6.07, 6.45) is 0. The van der Waals surface area contributed by atoms with E-state index in [0.717, 1.165) is 20.8 Å². The molecule has 110 valence electrons. The highest BCUT2D eigenvalue weighted by atomic mass is 16.8. The molecule has 1 rings (SSSR count). The Hall–Kier alpha value is -2.25. The molecule has 0 aliphatic carbocycles. The minimum absolute atomic E-state index is 0.517. The van der Waals surface area contributed by atoms with Crippen molar-refractivity contribution in [3.8, 4) is 0 Å². The van der Waals surface area contributed by atoms with Crippen LogP contribution in [0.1, 0.15) is 34.6 Å². The van der Waals surface area contributed by atoms with E-state index in [1.54, 1.807) is 0 Å². The zero-order valence-corrected chi connectivity index (χ0v) is 11.8. The molecule has 1 fully saturated rings. The number of carbonyl (C=O) groups excluding carboxylic acids is 4. The first-order chi connectivity index (χ1) is 8.99. The average Bonchev–Trinajstić information content (AvgIpc) is 2.24. The van der Waals surface area contributed by atoms with Gasteiger partial charge < -0.3 is 14.3 Å². The molecule has 0 aromatic heterocycles. The topological polar surface area (TPSA) is 108 Å². The first-order valence-corrected chi connectivity index (χ1v) is 5.74. The summed E-state index contributed by atoms with van der Waals surface area (Å²) in [5.41, 5.74) is -2.68. The highest BCUT2D eigenvalue weighted by molar-refractivity contribution is 6.65. The third-order valence-electron chi connectivity index (χ3n) is 2.44. The molecular weight excluding hydrogens is 270 g/mol. The first kappa shape index (κ1) is 15.8. The SMILES string of the molecule is CC(=O)C(=NOC1(C)C(=O)OC(C)(C)OC1=O)C(C)=O. The lowest BCUT2D eigenvalue weighted by Gasteiger charge is -2.36. The third kappa shape index (κ3) is 3.01. The van der Waals surface area contributed by atoms with Crippen LogP contribution in [0.15, 0.2) is 5.16 Å². The quantitative estimate of drug-likeness (QED) is 0.312. The van der Waals surface area contributed by atoms with Gasteiger partial charge in [0.15, 0.2) is 17.3 Å². The summed E-state index contributed by atoms with van der Waals surface area (Å²) in [6, 6.07) is 0. The van der Waals surface area contributed by atoms with Crippen LogP contribution in [0.2, 0.25) is 0 Å². The van der Waals surface area contributed by atoms with Gasteiger partial charge in [-0.25, -0.2) is 9.59 Å². The predicted octanol–water partition coefficient (Wildman–Crippen LogP) is 0.132. The van der Waals surface area contributed by atoms with Crippen molar-refractivity contribution in [3.05, 3.63) is 0 Å². The molecule has 8 heteroatoms. The van der Waals surface area contributed by atoms with Crippen LogP contribution in [-0.4, -0.2) is 40.6 Å². The molecule has 0 unspecified atom stereocenters. The van der Waals surface area contributed by atoms with Gasteiger partial charge >= 0.3 is 17.5 Å². The zero-order valence-electron chi connectivity index (χ0n) is 11.8. The molecule has 1 heterocycles. The van der Waals surface area contributed by atoms with Crippen LogP contribution in [0.25, 0.3) is 0 Å². The largest absolute Gasteiger partial charge is 0.420 e. The van der Waals surface area contributed by atoms with E-state index < -0.39 is 40.6 Å². The van der Waals surface area contributed by atoms with E-state index in [1.807, 2.05) is 0 Å². The molecule has 0 aromatic rings. The van der Waals surface area contributed by atoms with Crippen LogP contribution >= 0.6 is 0 Å². The first-order valence-electron chi connectivity index (χ1n) is 5.74. The summed E-state index contributed by atoms with van der Waals surface area (Å²) >= 11 is 0. The second-order valence-electron chi connectivity index (χ2n) is 4.86. The summed E-state index contributed by atoms with van der Waals surface area (Å²) in [7, 11) is 0. The summed E-state index contributed by atoms with van der Waals surface area (Å²) in [4.78, 5) is 50.7. The maximum absolute atomic E-state index is 11.8. The molecular formula is C12H15NO7. The molecule has 1 saturated heterocycles. The Kier molecular flexibility index (Phi) is 3.97. The standard InChI is InChI=1S/C12H15NO7/c1-6(14)8(7(2)15)13-20-12(5)9(16)18-11(3,4)19-10(12)17/h1-5H3. The van der Waals surface area contributed by atoms with Gasteiger partial charge in [-0.05, 0) is 0 Å². The predicted molar refractivity (Wildman–Crippen MR) is 64.6 cm³/mol. The Bertz CT molecular complexity index is 482. The second-order valence-corrected chi connectivity index (χ2v) is 4.86. The molecule has 8 nitrogen and oxygen atoms in total. The van der Waals surface area contributed by atoms with Crippen LogP contribution in [0, 0.1) is 0 Å². The third-order valence-corrected chi connectivity index (χ3v) is 2.44. The van der Waals surface area contributed by atoms with Crippen LogP contribution in [-0.2, 0) is 33.5 Å². The monoisotopic (exact) mass is 285 g/mol. The fraction of sp³-hybridized carbons (Fsp3) is 0.583. The lowest BCUT2D eigenvalue weighted by atomic mass is 10.1. The Balaban J connectivity index is 3.04. The van der Waals surface area contributed by atoms with Crippen molar-refractivity contribution < 1.29 is 33.5 Å². The zero-order chi connectivity index (χ0) is 15.7. The van der Waals surface area contributed by atoms with Crippen molar-refractivity contribution in [2.24, 2.45) is 5.16 Å². The lowest BCUT2D eigenvalue weighted by Crippen LogP contribution is -2.57. The van der Waals surface area contributed by atoms with E-state index in [2.05, 4.69) is 5.16 Å². The number of cyclic esters (lactones) is 2. The Morgan fingerprint density at radius 3 is 1.75 bits per heavy atom. The van der Waals surface area contributed by atoms with Crippen molar-refractivity contribution in [2.75, 3.05) is 0 Å². The molecule has 20 heavy (non-hydrogen) atoms. The fourth-order valence-corrected chi connectivity index (χ4v) is 1.33. The number of rotatable bonds is 4. The fourth-order valence-electron chi connectivity index (χ4n) is 1.33. The number of oxime groups is 1. The molecule has 1 aliphatic heterocycles. The molecule has 0 spiro atoms. The van der Waals surface area contributed by atoms with Crippen LogP contribution in [0.4, 0.5) is 0 Å². The van der Waals surface area contributed by atoms with Crippen molar-refractivity contribution in [2.45, 2.75) is 46.0 Å². The molecule has 0 atom stereocenters. The molecule has 0 bridgehead atoms. The van der Waals surface area contributed by atoms with E-state index in [0.29, 0.717) is 0 Å². The minimum atomic E-state index is -2.16. The van der Waals surface area contributed by atoms with E-state index >= 15 is 0 Å². The number of ether oxygens (including phenoxy) is 2. The normalized spacial score (nSPS) is 19.4. The lowest BCUT2D eigenvalue weighted by molar-refractivity contribution is -0.263. The number of hydrogen-bond acceptors (Lipinski definition) is 8. The number of nitrogens with zero attached hydrogens (tertiary/aromatic N) is 1. The van der Waals surface area contributed by atoms with Crippen molar-refractivity contribution in [1.82, 2.24) is 0 Å². The summed E-state index contributed by atoms with van der Waals surface area (Å²) in [6.45, 7) is 6.04. The molecule has 0 radical (unpaired) electrons. The molecule has 0 aromatic carbocycles. The molecule has 0 saturated carbocycles. The number of esters is 2. The Labute approximate surface area is 115 Å². The van der Waals surface area contributed by atoms with Gasteiger partial charge in [-0.2, -0.15) is 0 Å². The second kappa shape index (κ2) is 5.03. The summed E-state index contributed by atoms with van der Waals surface area (Å²) < 4.78 is 9.73. The Morgan fingerprint density at radius 2 is 1.40 bits per heavy atom. The summed E-state index contributed by atoms with van der Waals surface area (Å²) in [5, 5.41) is 3.28. The highest BCUT2D eigenvalue weighted by Crippen LogP contribution is 2.28. The van der Waals surface area contributed by atoms with E-state index in [9.17, 15) is 19.2 Å². The average molecular weight is 285 g/mol. The van der Waals surface area contributed by atoms with Gasteiger partial charge in [0.1, 0.15) is 0 Å². The van der Waals surface area contributed by atoms with Gasteiger partial charge in [0, 0.05) is 34.6 Å². The molecule has 0 amide bonds. The number of hydrogen-bond donors (Lipinski definition) is 0. The van der Waals surface area contributed by atoms with Crippen molar-refractivity contribution in [1.29, 1.82) is 0 Å². The van der Waals surface area contributed by atoms with Crippen molar-refractivity contribution in [3.63, 3.8) is 0 Å². The minimum Gasteiger partial charge on any atom is -0.420 e. The van der Waals surface area contributed by atoms with Crippen LogP contribution in [0.5, 0.6) is 0 Å². The molecule has 0 N–H and O–H groups in total. The van der Waals surface area contributed by atoms with E-state index in [-0.39, 0.29) is 0 Å². The number of ketones is 2. The number of carbonyl (C=O) groups is 4. The van der Waals surface area contributed by atoms with Gasteiger partial charge in [0.2, 0.25) is 0 Å². The van der Waals surface area contributed by atoms with Crippen molar-refractivity contribution >= 4 is 29.2 Å². The van der Waals surface area contributed by atoms with E-state index in [1.165, 1.54) is 13.8 Å². The van der Waals surface area contributed by atoms with E-state index in [4.69, 9.17) is 14.3 Å². The van der Waals surface area contributed by atoms with Crippen LogP contribution in [0.3, 0.4) is 0 Å². The van der Waals surface area contributed by atoms with Gasteiger partial charge in [-0.15, -0.1) is 0 Å². The van der Waals surface area contributed by atoms with Gasteiger partial charge in [0.25, 0.3) is 5.79 Å². The molecule has 1 aliphatic rings. The highest BCUT2D eigenvalue weighted by Gasteiger charge is 2.56. The Morgan fingerprint density at radius 1 is 1.00 bits per heavy atom.